The molecule has 5 aromatic rings. The Kier molecular flexibility index (Phi) is 8.92. The Bertz CT molecular complexity index is 1290. The minimum Gasteiger partial charge on any atom is -0.305 e. The second-order valence-electron chi connectivity index (χ2n) is 7.28. The molecule has 34 heavy (non-hydrogen) atoms. The fourth-order valence-corrected chi connectivity index (χ4v) is 3.31. The third-order valence-corrected chi connectivity index (χ3v) is 4.95. The van der Waals surface area contributed by atoms with Gasteiger partial charge < -0.3 is 9.97 Å². The molecule has 0 aliphatic rings. The second kappa shape index (κ2) is 12.1. The third-order valence-electron chi connectivity index (χ3n) is 4.95. The molecule has 0 aliphatic heterocycles. The van der Waals surface area contributed by atoms with Crippen LogP contribution in [0.3, 0.4) is 0 Å². The summed E-state index contributed by atoms with van der Waals surface area (Å²) in [5.74, 6) is -1.31. The molecule has 0 unspecified atom stereocenters. The maximum absolute atomic E-state index is 13.9. The van der Waals surface area contributed by atoms with E-state index in [0.717, 1.165) is 40.1 Å². The Morgan fingerprint density at radius 2 is 1.53 bits per heavy atom. The first-order valence-electron chi connectivity index (χ1n) is 10.4. The van der Waals surface area contributed by atoms with Gasteiger partial charge in [-0.1, -0.05) is 60.2 Å². The molecule has 0 atom stereocenters. The first-order valence-corrected chi connectivity index (χ1v) is 10.4. The maximum Gasteiger partial charge on any atom is 0.0408 e. The molecule has 3 aromatic carbocycles. The van der Waals surface area contributed by atoms with Crippen molar-refractivity contribution < 1.29 is 28.9 Å². The monoisotopic (exact) mass is 627 g/mol. The number of aromatic nitrogens is 2. The molecule has 0 amide bonds. The van der Waals surface area contributed by atoms with E-state index in [1.54, 1.807) is 18.5 Å². The molecular formula is C29H20F2IrN2-2. The van der Waals surface area contributed by atoms with Crippen molar-refractivity contribution in [3.05, 3.63) is 133 Å². The predicted octanol–water partition coefficient (Wildman–Crippen LogP) is 7.35. The molecule has 0 fully saturated rings. The number of rotatable bonds is 3. The zero-order chi connectivity index (χ0) is 23.0. The SMILES string of the molecule is Cc1cnc(-c2[c-]cc(F)cc2F)cc1-c1ccccc1.[Ir].[c-]1ccccc1-c1ccccn1. The average Bonchev–Trinajstić information content (AvgIpc) is 2.87. The van der Waals surface area contributed by atoms with E-state index in [4.69, 9.17) is 0 Å². The summed E-state index contributed by atoms with van der Waals surface area (Å²) in [6.45, 7) is 1.95. The minimum absolute atomic E-state index is 0. The molecule has 0 saturated heterocycles. The molecular weight excluding hydrogens is 607 g/mol. The van der Waals surface area contributed by atoms with Gasteiger partial charge in [0.25, 0.3) is 0 Å². The Hall–Kier alpha value is -3.53. The van der Waals surface area contributed by atoms with Crippen LogP contribution in [-0.4, -0.2) is 9.97 Å². The molecule has 5 heteroatoms. The van der Waals surface area contributed by atoms with E-state index < -0.39 is 11.6 Å². The fourth-order valence-electron chi connectivity index (χ4n) is 3.31. The molecule has 0 spiro atoms. The van der Waals surface area contributed by atoms with E-state index in [0.29, 0.717) is 5.69 Å². The van der Waals surface area contributed by atoms with Gasteiger partial charge in [0.2, 0.25) is 0 Å². The van der Waals surface area contributed by atoms with E-state index in [1.807, 2.05) is 79.7 Å². The van der Waals surface area contributed by atoms with Crippen LogP contribution in [0.2, 0.25) is 0 Å². The van der Waals surface area contributed by atoms with Crippen LogP contribution in [0.15, 0.2) is 103 Å². The quantitative estimate of drug-likeness (QED) is 0.196. The standard InChI is InChI=1S/C18H12F2N.C11H8N.Ir/c1-12-11-21-18(15-8-7-14(19)9-17(15)20)10-16(12)13-5-3-2-4-6-13;1-2-6-10(7-3-1)11-8-4-5-9-12-11;/h2-7,9-11H,1H3;1-6,8-9H;/q2*-1;. The largest absolute Gasteiger partial charge is 0.305 e. The van der Waals surface area contributed by atoms with Crippen molar-refractivity contribution in [2.45, 2.75) is 6.92 Å². The average molecular weight is 627 g/mol. The van der Waals surface area contributed by atoms with Gasteiger partial charge in [0.1, 0.15) is 0 Å². The Balaban J connectivity index is 0.000000212. The van der Waals surface area contributed by atoms with Crippen LogP contribution in [0, 0.1) is 30.7 Å². The van der Waals surface area contributed by atoms with Crippen molar-refractivity contribution in [2.75, 3.05) is 0 Å². The first-order chi connectivity index (χ1) is 16.1. The number of aryl methyl sites for hydroxylation is 1. The van der Waals surface area contributed by atoms with E-state index in [9.17, 15) is 8.78 Å². The molecule has 0 aliphatic carbocycles. The van der Waals surface area contributed by atoms with Gasteiger partial charge in [-0.05, 0) is 41.1 Å². The van der Waals surface area contributed by atoms with Gasteiger partial charge in [-0.3, -0.25) is 8.78 Å². The Morgan fingerprint density at radius 3 is 2.21 bits per heavy atom. The second-order valence-corrected chi connectivity index (χ2v) is 7.28. The predicted molar refractivity (Wildman–Crippen MR) is 127 cm³/mol. The van der Waals surface area contributed by atoms with Gasteiger partial charge in [0, 0.05) is 44.1 Å². The van der Waals surface area contributed by atoms with Gasteiger partial charge in [-0.15, -0.1) is 48.0 Å². The summed E-state index contributed by atoms with van der Waals surface area (Å²) >= 11 is 0. The van der Waals surface area contributed by atoms with Crippen molar-refractivity contribution >= 4 is 0 Å². The van der Waals surface area contributed by atoms with E-state index in [1.165, 1.54) is 0 Å². The zero-order valence-corrected chi connectivity index (χ0v) is 20.7. The fraction of sp³-hybridized carbons (Fsp3) is 0.0345. The van der Waals surface area contributed by atoms with Crippen LogP contribution in [0.1, 0.15) is 5.56 Å². The van der Waals surface area contributed by atoms with Crippen LogP contribution < -0.4 is 0 Å². The van der Waals surface area contributed by atoms with E-state index in [2.05, 4.69) is 22.1 Å². The first kappa shape index (κ1) is 25.1. The third kappa shape index (κ3) is 6.28. The molecule has 2 aromatic heterocycles. The number of benzene rings is 3. The Labute approximate surface area is 211 Å². The number of halogens is 2. The molecule has 2 nitrogen and oxygen atoms in total. The summed E-state index contributed by atoms with van der Waals surface area (Å²) in [5.41, 5.74) is 5.62. The summed E-state index contributed by atoms with van der Waals surface area (Å²) in [7, 11) is 0. The van der Waals surface area contributed by atoms with Crippen LogP contribution in [0.5, 0.6) is 0 Å². The molecule has 2 heterocycles. The van der Waals surface area contributed by atoms with Gasteiger partial charge in [-0.2, -0.15) is 0 Å². The van der Waals surface area contributed by atoms with Gasteiger partial charge >= 0.3 is 0 Å². The van der Waals surface area contributed by atoms with Crippen molar-refractivity contribution in [1.82, 2.24) is 9.97 Å². The topological polar surface area (TPSA) is 25.8 Å². The summed E-state index contributed by atoms with van der Waals surface area (Å²) < 4.78 is 26.8. The van der Waals surface area contributed by atoms with Crippen LogP contribution in [0.25, 0.3) is 33.6 Å². The minimum atomic E-state index is -0.662. The van der Waals surface area contributed by atoms with E-state index in [-0.39, 0.29) is 25.7 Å². The maximum atomic E-state index is 13.9. The van der Waals surface area contributed by atoms with Crippen molar-refractivity contribution in [3.63, 3.8) is 0 Å². The smallest absolute Gasteiger partial charge is 0.0408 e. The summed E-state index contributed by atoms with van der Waals surface area (Å²) in [5, 5.41) is 0. The molecule has 0 N–H and O–H groups in total. The van der Waals surface area contributed by atoms with Gasteiger partial charge in [0.15, 0.2) is 0 Å². The molecule has 171 valence electrons. The van der Waals surface area contributed by atoms with Crippen LogP contribution in [-0.2, 0) is 20.1 Å². The number of hydrogen-bond acceptors (Lipinski definition) is 2. The van der Waals surface area contributed by atoms with Gasteiger partial charge in [0.05, 0.1) is 0 Å². The van der Waals surface area contributed by atoms with Crippen molar-refractivity contribution in [1.29, 1.82) is 0 Å². The Morgan fingerprint density at radius 1 is 0.765 bits per heavy atom. The van der Waals surface area contributed by atoms with Crippen molar-refractivity contribution in [2.24, 2.45) is 0 Å². The summed E-state index contributed by atoms with van der Waals surface area (Å²) in [6.07, 6.45) is 3.48. The van der Waals surface area contributed by atoms with Crippen molar-refractivity contribution in [3.8, 4) is 33.6 Å². The number of nitrogens with zero attached hydrogens (tertiary/aromatic N) is 2. The zero-order valence-electron chi connectivity index (χ0n) is 18.3. The number of pyridine rings is 2. The molecule has 0 bridgehead atoms. The molecule has 0 saturated carbocycles. The molecule has 1 radical (unpaired) electrons. The summed E-state index contributed by atoms with van der Waals surface area (Å²) in [4.78, 5) is 8.45. The molecule has 5 rings (SSSR count). The summed E-state index contributed by atoms with van der Waals surface area (Å²) in [6, 6.07) is 33.0. The van der Waals surface area contributed by atoms with E-state index >= 15 is 0 Å². The van der Waals surface area contributed by atoms with Gasteiger partial charge in [-0.25, -0.2) is 0 Å². The number of hydrogen-bond donors (Lipinski definition) is 0. The van der Waals surface area contributed by atoms with Crippen LogP contribution >= 0.6 is 0 Å². The normalized spacial score (nSPS) is 9.97. The van der Waals surface area contributed by atoms with Crippen LogP contribution in [0.4, 0.5) is 8.78 Å².